The maximum atomic E-state index is 12.2. The van der Waals surface area contributed by atoms with Gasteiger partial charge in [-0.2, -0.15) is 0 Å². The molecule has 1 amide bonds. The van der Waals surface area contributed by atoms with Crippen molar-refractivity contribution in [2.45, 2.75) is 160 Å². The molecule has 0 aromatic heterocycles. The SMILES string of the molecule is CCCCCCCC/C=C\CCCCCCCCC(O)C(=O)NC(CO)C(O)C(O)CCCCC. The van der Waals surface area contributed by atoms with Crippen LogP contribution in [0.15, 0.2) is 12.2 Å². The zero-order valence-corrected chi connectivity index (χ0v) is 22.8. The van der Waals surface area contributed by atoms with E-state index in [1.807, 2.05) is 0 Å². The van der Waals surface area contributed by atoms with Gasteiger partial charge < -0.3 is 25.7 Å². The Balaban J connectivity index is 3.77. The molecular weight excluding hydrogens is 442 g/mol. The summed E-state index contributed by atoms with van der Waals surface area (Å²) in [6, 6.07) is -0.978. The summed E-state index contributed by atoms with van der Waals surface area (Å²) in [5, 5.41) is 42.4. The number of hydrogen-bond donors (Lipinski definition) is 5. The summed E-state index contributed by atoms with van der Waals surface area (Å²) >= 11 is 0. The molecule has 0 radical (unpaired) electrons. The van der Waals surface area contributed by atoms with Gasteiger partial charge >= 0.3 is 0 Å². The maximum Gasteiger partial charge on any atom is 0.249 e. The lowest BCUT2D eigenvalue weighted by Gasteiger charge is -2.27. The number of aliphatic hydroxyl groups excluding tert-OH is 4. The van der Waals surface area contributed by atoms with Crippen LogP contribution in [-0.2, 0) is 4.79 Å². The van der Waals surface area contributed by atoms with Gasteiger partial charge in [-0.15, -0.1) is 0 Å². The molecule has 0 aliphatic carbocycles. The lowest BCUT2D eigenvalue weighted by Crippen LogP contribution is -2.53. The predicted octanol–water partition coefficient (Wildman–Crippen LogP) is 5.55. The molecule has 0 saturated heterocycles. The molecule has 35 heavy (non-hydrogen) atoms. The van der Waals surface area contributed by atoms with Crippen LogP contribution in [0.25, 0.3) is 0 Å². The number of carbonyl (C=O) groups excluding carboxylic acids is 1. The van der Waals surface area contributed by atoms with Crippen molar-refractivity contribution in [3.8, 4) is 0 Å². The number of unbranched alkanes of at least 4 members (excludes halogenated alkanes) is 14. The number of allylic oxidation sites excluding steroid dienone is 2. The molecule has 0 aromatic rings. The van der Waals surface area contributed by atoms with E-state index in [4.69, 9.17) is 0 Å². The molecule has 0 fully saturated rings. The summed E-state index contributed by atoms with van der Waals surface area (Å²) in [4.78, 5) is 12.2. The van der Waals surface area contributed by atoms with Gasteiger partial charge in [0, 0.05) is 0 Å². The molecule has 0 aliphatic rings. The molecule has 0 spiro atoms. The van der Waals surface area contributed by atoms with Crippen LogP contribution in [0.4, 0.5) is 0 Å². The summed E-state index contributed by atoms with van der Waals surface area (Å²) < 4.78 is 0. The summed E-state index contributed by atoms with van der Waals surface area (Å²) in [5.74, 6) is -0.600. The van der Waals surface area contributed by atoms with Crippen molar-refractivity contribution < 1.29 is 25.2 Å². The molecule has 0 rings (SSSR count). The number of aliphatic hydroxyl groups is 4. The first-order chi connectivity index (χ1) is 17.0. The third-order valence-corrected chi connectivity index (χ3v) is 6.73. The van der Waals surface area contributed by atoms with Crippen LogP contribution in [0, 0.1) is 0 Å². The van der Waals surface area contributed by atoms with E-state index < -0.39 is 36.9 Å². The highest BCUT2D eigenvalue weighted by Gasteiger charge is 2.28. The quantitative estimate of drug-likeness (QED) is 0.0835. The van der Waals surface area contributed by atoms with E-state index in [9.17, 15) is 25.2 Å². The van der Waals surface area contributed by atoms with Crippen molar-refractivity contribution in [1.82, 2.24) is 5.32 Å². The molecule has 0 heterocycles. The highest BCUT2D eigenvalue weighted by Crippen LogP contribution is 2.13. The molecule has 0 saturated carbocycles. The van der Waals surface area contributed by atoms with Crippen LogP contribution >= 0.6 is 0 Å². The van der Waals surface area contributed by atoms with E-state index in [2.05, 4.69) is 31.3 Å². The van der Waals surface area contributed by atoms with E-state index in [-0.39, 0.29) is 0 Å². The molecule has 6 nitrogen and oxygen atoms in total. The number of amides is 1. The lowest BCUT2D eigenvalue weighted by atomic mass is 10.00. The predicted molar refractivity (Wildman–Crippen MR) is 145 cm³/mol. The minimum atomic E-state index is -1.25. The van der Waals surface area contributed by atoms with Gasteiger partial charge in [0.1, 0.15) is 12.2 Å². The Labute approximate surface area is 215 Å². The topological polar surface area (TPSA) is 110 Å². The van der Waals surface area contributed by atoms with Crippen molar-refractivity contribution in [3.63, 3.8) is 0 Å². The zero-order valence-electron chi connectivity index (χ0n) is 22.8. The third kappa shape index (κ3) is 19.9. The van der Waals surface area contributed by atoms with Crippen molar-refractivity contribution >= 4 is 5.91 Å². The average Bonchev–Trinajstić information content (AvgIpc) is 2.86. The lowest BCUT2D eigenvalue weighted by molar-refractivity contribution is -0.132. The van der Waals surface area contributed by atoms with E-state index in [0.717, 1.165) is 44.9 Å². The molecule has 5 N–H and O–H groups in total. The number of hydrogen-bond acceptors (Lipinski definition) is 5. The van der Waals surface area contributed by atoms with Crippen molar-refractivity contribution in [1.29, 1.82) is 0 Å². The Morgan fingerprint density at radius 3 is 1.69 bits per heavy atom. The van der Waals surface area contributed by atoms with Crippen LogP contribution in [0.2, 0.25) is 0 Å². The fourth-order valence-electron chi connectivity index (χ4n) is 4.28. The first-order valence-electron chi connectivity index (χ1n) is 14.6. The van der Waals surface area contributed by atoms with E-state index in [0.29, 0.717) is 12.8 Å². The Bertz CT molecular complexity index is 499. The molecular formula is C29H57NO5. The number of rotatable bonds is 25. The van der Waals surface area contributed by atoms with E-state index in [1.165, 1.54) is 64.2 Å². The molecule has 0 aliphatic heterocycles. The van der Waals surface area contributed by atoms with Gasteiger partial charge in [-0.05, 0) is 38.5 Å². The normalized spacial score (nSPS) is 15.3. The fraction of sp³-hybridized carbons (Fsp3) is 0.897. The smallest absolute Gasteiger partial charge is 0.249 e. The highest BCUT2D eigenvalue weighted by molar-refractivity contribution is 5.80. The van der Waals surface area contributed by atoms with Gasteiger partial charge in [-0.3, -0.25) is 4.79 Å². The minimum absolute atomic E-state index is 0.361. The largest absolute Gasteiger partial charge is 0.394 e. The van der Waals surface area contributed by atoms with E-state index in [1.54, 1.807) is 0 Å². The van der Waals surface area contributed by atoms with Gasteiger partial charge in [-0.25, -0.2) is 0 Å². The molecule has 4 atom stereocenters. The standard InChI is InChI=1S/C29H57NO5/c1-3-5-7-8-9-10-11-12-13-14-15-16-17-18-19-21-23-27(33)29(35)30-25(24-31)28(34)26(32)22-20-6-4-2/h12-13,25-28,31-34H,3-11,14-24H2,1-2H3,(H,30,35)/b13-12-. The minimum Gasteiger partial charge on any atom is -0.394 e. The monoisotopic (exact) mass is 499 g/mol. The van der Waals surface area contributed by atoms with Crippen molar-refractivity contribution in [3.05, 3.63) is 12.2 Å². The summed E-state index contributed by atoms with van der Waals surface area (Å²) in [7, 11) is 0. The second kappa shape index (κ2) is 24.7. The first kappa shape index (κ1) is 34.0. The number of nitrogens with one attached hydrogen (secondary N) is 1. The molecule has 6 heteroatoms. The van der Waals surface area contributed by atoms with Crippen LogP contribution in [-0.4, -0.2) is 57.3 Å². The number of carbonyl (C=O) groups is 1. The van der Waals surface area contributed by atoms with Crippen LogP contribution < -0.4 is 5.32 Å². The van der Waals surface area contributed by atoms with Gasteiger partial charge in [-0.1, -0.05) is 109 Å². The Morgan fingerprint density at radius 1 is 0.686 bits per heavy atom. The first-order valence-corrected chi connectivity index (χ1v) is 14.6. The highest BCUT2D eigenvalue weighted by atomic mass is 16.3. The van der Waals surface area contributed by atoms with Crippen molar-refractivity contribution in [2.24, 2.45) is 0 Å². The van der Waals surface area contributed by atoms with Gasteiger partial charge in [0.15, 0.2) is 0 Å². The average molecular weight is 500 g/mol. The van der Waals surface area contributed by atoms with E-state index >= 15 is 0 Å². The van der Waals surface area contributed by atoms with Crippen LogP contribution in [0.5, 0.6) is 0 Å². The van der Waals surface area contributed by atoms with Crippen LogP contribution in [0.3, 0.4) is 0 Å². The summed E-state index contributed by atoms with van der Waals surface area (Å²) in [5.41, 5.74) is 0. The van der Waals surface area contributed by atoms with Gasteiger partial charge in [0.05, 0.1) is 18.8 Å². The Kier molecular flexibility index (Phi) is 24.1. The maximum absolute atomic E-state index is 12.2. The molecule has 0 bridgehead atoms. The summed E-state index contributed by atoms with van der Waals surface area (Å²) in [6.07, 6.45) is 21.6. The molecule has 0 aromatic carbocycles. The van der Waals surface area contributed by atoms with Gasteiger partial charge in [0.2, 0.25) is 5.91 Å². The molecule has 208 valence electrons. The van der Waals surface area contributed by atoms with Crippen LogP contribution in [0.1, 0.15) is 136 Å². The Hall–Kier alpha value is -0.950. The van der Waals surface area contributed by atoms with Gasteiger partial charge in [0.25, 0.3) is 0 Å². The third-order valence-electron chi connectivity index (χ3n) is 6.73. The second-order valence-corrected chi connectivity index (χ2v) is 10.1. The van der Waals surface area contributed by atoms with Crippen molar-refractivity contribution in [2.75, 3.05) is 6.61 Å². The summed E-state index contributed by atoms with van der Waals surface area (Å²) in [6.45, 7) is 3.82. The molecule has 4 unspecified atom stereocenters. The Morgan fingerprint density at radius 2 is 1.14 bits per heavy atom. The zero-order chi connectivity index (χ0) is 26.2. The second-order valence-electron chi connectivity index (χ2n) is 10.1. The fourth-order valence-corrected chi connectivity index (χ4v) is 4.28.